The molecule has 4 nitrogen and oxygen atoms in total. The molecular formula is C12H14BrN3O. The first-order chi connectivity index (χ1) is 8.17. The zero-order valence-electron chi connectivity index (χ0n) is 9.77. The highest BCUT2D eigenvalue weighted by Gasteiger charge is 2.14. The van der Waals surface area contributed by atoms with Crippen molar-refractivity contribution in [3.8, 4) is 17.0 Å². The van der Waals surface area contributed by atoms with Gasteiger partial charge in [0.15, 0.2) is 0 Å². The molecule has 5 heteroatoms. The number of halogens is 1. The van der Waals surface area contributed by atoms with Crippen molar-refractivity contribution in [1.82, 2.24) is 9.55 Å². The van der Waals surface area contributed by atoms with E-state index in [1.54, 1.807) is 13.4 Å². The summed E-state index contributed by atoms with van der Waals surface area (Å²) in [7, 11) is 1.64. The molecule has 1 aromatic heterocycles. The van der Waals surface area contributed by atoms with Gasteiger partial charge in [0.25, 0.3) is 0 Å². The fraction of sp³-hybridized carbons (Fsp3) is 0.250. The van der Waals surface area contributed by atoms with Gasteiger partial charge in [-0.2, -0.15) is 0 Å². The number of benzene rings is 1. The molecule has 90 valence electrons. The second-order valence-corrected chi connectivity index (χ2v) is 4.52. The van der Waals surface area contributed by atoms with Crippen molar-refractivity contribution in [3.05, 3.63) is 29.0 Å². The molecule has 1 aromatic carbocycles. The van der Waals surface area contributed by atoms with Crippen molar-refractivity contribution in [2.45, 2.75) is 13.5 Å². The summed E-state index contributed by atoms with van der Waals surface area (Å²) in [6.45, 7) is 2.83. The van der Waals surface area contributed by atoms with E-state index in [0.29, 0.717) is 5.82 Å². The summed E-state index contributed by atoms with van der Waals surface area (Å²) < 4.78 is 8.20. The summed E-state index contributed by atoms with van der Waals surface area (Å²) in [5, 5.41) is 0. The van der Waals surface area contributed by atoms with Gasteiger partial charge in [-0.15, -0.1) is 0 Å². The van der Waals surface area contributed by atoms with Crippen LogP contribution in [-0.4, -0.2) is 16.7 Å². The molecule has 0 bridgehead atoms. The zero-order valence-corrected chi connectivity index (χ0v) is 11.4. The van der Waals surface area contributed by atoms with Crippen molar-refractivity contribution in [2.24, 2.45) is 0 Å². The van der Waals surface area contributed by atoms with E-state index < -0.39 is 0 Å². The van der Waals surface area contributed by atoms with Crippen LogP contribution in [-0.2, 0) is 6.54 Å². The van der Waals surface area contributed by atoms with Crippen LogP contribution in [0.15, 0.2) is 29.0 Å². The Balaban J connectivity index is 2.58. The minimum atomic E-state index is 0.656. The van der Waals surface area contributed by atoms with Gasteiger partial charge in [0.1, 0.15) is 17.3 Å². The molecule has 0 radical (unpaired) electrons. The Bertz CT molecular complexity index is 537. The summed E-state index contributed by atoms with van der Waals surface area (Å²) in [5.41, 5.74) is 7.70. The average Bonchev–Trinajstić information content (AvgIpc) is 2.70. The Morgan fingerprint density at radius 1 is 1.47 bits per heavy atom. The van der Waals surface area contributed by atoms with E-state index >= 15 is 0 Å². The summed E-state index contributed by atoms with van der Waals surface area (Å²) in [6.07, 6.45) is 1.74. The lowest BCUT2D eigenvalue weighted by molar-refractivity contribution is 0.416. The highest BCUT2D eigenvalue weighted by Crippen LogP contribution is 2.34. The van der Waals surface area contributed by atoms with Gasteiger partial charge >= 0.3 is 0 Å². The van der Waals surface area contributed by atoms with Crippen LogP contribution in [0.5, 0.6) is 5.75 Å². The first-order valence-electron chi connectivity index (χ1n) is 5.32. The van der Waals surface area contributed by atoms with Gasteiger partial charge in [0.2, 0.25) is 0 Å². The molecule has 0 aliphatic heterocycles. The summed E-state index contributed by atoms with van der Waals surface area (Å²) in [6, 6.07) is 5.77. The Kier molecular flexibility index (Phi) is 3.38. The van der Waals surface area contributed by atoms with Crippen molar-refractivity contribution < 1.29 is 4.74 Å². The maximum atomic E-state index is 6.05. The van der Waals surface area contributed by atoms with Gasteiger partial charge in [0, 0.05) is 16.6 Å². The second kappa shape index (κ2) is 4.79. The summed E-state index contributed by atoms with van der Waals surface area (Å²) in [4.78, 5) is 4.34. The lowest BCUT2D eigenvalue weighted by Crippen LogP contribution is -2.00. The Hall–Kier alpha value is -1.49. The highest BCUT2D eigenvalue weighted by molar-refractivity contribution is 9.10. The standard InChI is InChI=1S/C12H14BrN3O/c1-3-16-7-15-11(12(16)14)9-6-8(13)4-5-10(9)17-2/h4-7H,3,14H2,1-2H3. The number of nitrogens with two attached hydrogens (primary N) is 1. The molecular weight excluding hydrogens is 282 g/mol. The number of rotatable bonds is 3. The fourth-order valence-electron chi connectivity index (χ4n) is 1.72. The lowest BCUT2D eigenvalue weighted by Gasteiger charge is -2.08. The molecule has 0 atom stereocenters. The smallest absolute Gasteiger partial charge is 0.131 e. The van der Waals surface area contributed by atoms with Crippen LogP contribution >= 0.6 is 15.9 Å². The van der Waals surface area contributed by atoms with Crippen LogP contribution in [0.25, 0.3) is 11.3 Å². The topological polar surface area (TPSA) is 53.1 Å². The van der Waals surface area contributed by atoms with Crippen molar-refractivity contribution in [2.75, 3.05) is 12.8 Å². The third-order valence-corrected chi connectivity index (χ3v) is 3.13. The molecule has 0 aliphatic carbocycles. The van der Waals surface area contributed by atoms with Crippen LogP contribution in [0.3, 0.4) is 0 Å². The Morgan fingerprint density at radius 3 is 2.82 bits per heavy atom. The van der Waals surface area contributed by atoms with E-state index in [-0.39, 0.29) is 0 Å². The molecule has 0 unspecified atom stereocenters. The highest BCUT2D eigenvalue weighted by atomic mass is 79.9. The molecule has 2 N–H and O–H groups in total. The van der Waals surface area contributed by atoms with Gasteiger partial charge < -0.3 is 15.0 Å². The quantitative estimate of drug-likeness (QED) is 0.947. The van der Waals surface area contributed by atoms with E-state index in [1.807, 2.05) is 29.7 Å². The molecule has 0 spiro atoms. The molecule has 17 heavy (non-hydrogen) atoms. The van der Waals surface area contributed by atoms with E-state index in [0.717, 1.165) is 28.0 Å². The number of nitrogen functional groups attached to an aromatic ring is 1. The lowest BCUT2D eigenvalue weighted by atomic mass is 10.1. The number of methoxy groups -OCH3 is 1. The average molecular weight is 296 g/mol. The number of aryl methyl sites for hydroxylation is 1. The molecule has 1 heterocycles. The number of imidazole rings is 1. The normalized spacial score (nSPS) is 10.5. The van der Waals surface area contributed by atoms with E-state index in [9.17, 15) is 0 Å². The van der Waals surface area contributed by atoms with Gasteiger partial charge in [-0.3, -0.25) is 0 Å². The van der Waals surface area contributed by atoms with Crippen molar-refractivity contribution in [1.29, 1.82) is 0 Å². The van der Waals surface area contributed by atoms with E-state index in [1.165, 1.54) is 0 Å². The zero-order chi connectivity index (χ0) is 12.4. The maximum absolute atomic E-state index is 6.05. The monoisotopic (exact) mass is 295 g/mol. The third kappa shape index (κ3) is 2.15. The Morgan fingerprint density at radius 2 is 2.24 bits per heavy atom. The molecule has 0 saturated heterocycles. The number of anilines is 1. The largest absolute Gasteiger partial charge is 0.496 e. The number of nitrogens with zero attached hydrogens (tertiary/aromatic N) is 2. The second-order valence-electron chi connectivity index (χ2n) is 3.61. The van der Waals surface area contributed by atoms with Crippen LogP contribution in [0.1, 0.15) is 6.92 Å². The molecule has 0 aliphatic rings. The van der Waals surface area contributed by atoms with E-state index in [2.05, 4.69) is 20.9 Å². The van der Waals surface area contributed by atoms with E-state index in [4.69, 9.17) is 10.5 Å². The van der Waals surface area contributed by atoms with Gasteiger partial charge in [-0.05, 0) is 25.1 Å². The van der Waals surface area contributed by atoms with Crippen molar-refractivity contribution in [3.63, 3.8) is 0 Å². The van der Waals surface area contributed by atoms with Crippen LogP contribution in [0.4, 0.5) is 5.82 Å². The van der Waals surface area contributed by atoms with Crippen molar-refractivity contribution >= 4 is 21.7 Å². The van der Waals surface area contributed by atoms with Gasteiger partial charge in [-0.1, -0.05) is 15.9 Å². The SMILES string of the molecule is CCn1cnc(-c2cc(Br)ccc2OC)c1N. The molecule has 2 aromatic rings. The fourth-order valence-corrected chi connectivity index (χ4v) is 2.08. The van der Waals surface area contributed by atoms with Crippen LogP contribution in [0, 0.1) is 0 Å². The summed E-state index contributed by atoms with van der Waals surface area (Å²) >= 11 is 3.44. The van der Waals surface area contributed by atoms with Gasteiger partial charge in [-0.25, -0.2) is 4.98 Å². The molecule has 0 amide bonds. The number of aromatic nitrogens is 2. The predicted molar refractivity (Wildman–Crippen MR) is 72.0 cm³/mol. The number of hydrogen-bond donors (Lipinski definition) is 1. The first kappa shape index (κ1) is 12.0. The molecule has 0 fully saturated rings. The van der Waals surface area contributed by atoms with Crippen LogP contribution in [0.2, 0.25) is 0 Å². The minimum absolute atomic E-state index is 0.656. The first-order valence-corrected chi connectivity index (χ1v) is 6.11. The maximum Gasteiger partial charge on any atom is 0.131 e. The minimum Gasteiger partial charge on any atom is -0.496 e. The third-order valence-electron chi connectivity index (χ3n) is 2.64. The van der Waals surface area contributed by atoms with Gasteiger partial charge in [0.05, 0.1) is 13.4 Å². The number of hydrogen-bond acceptors (Lipinski definition) is 3. The molecule has 2 rings (SSSR count). The molecule has 0 saturated carbocycles. The van der Waals surface area contributed by atoms with Crippen LogP contribution < -0.4 is 10.5 Å². The predicted octanol–water partition coefficient (Wildman–Crippen LogP) is 2.92. The number of ether oxygens (including phenoxy) is 1. The summed E-state index contributed by atoms with van der Waals surface area (Å²) in [5.74, 6) is 1.42. The Labute approximate surface area is 109 Å².